The van der Waals surface area contributed by atoms with E-state index < -0.39 is 10.8 Å². The van der Waals surface area contributed by atoms with Gasteiger partial charge in [-0.2, -0.15) is 0 Å². The molecular weight excluding hydrogens is 370 g/mol. The Bertz CT molecular complexity index is 837. The number of nitro groups is 1. The standard InChI is InChI=1S/C19H20ClN3O4/c20-18-6-5-16(23(25)26)11-17(18)19(24)21-12-14-3-1-2-4-15(14)13-22-7-9-27-10-8-22/h1-6,11H,7-10,12-13H2,(H,21,24)/p+1. The lowest BCUT2D eigenvalue weighted by atomic mass is 10.1. The Balaban J connectivity index is 1.69. The number of halogens is 1. The second-order valence-electron chi connectivity index (χ2n) is 6.41. The third-order valence-corrected chi connectivity index (χ3v) is 4.93. The van der Waals surface area contributed by atoms with Gasteiger partial charge in [0.2, 0.25) is 0 Å². The van der Waals surface area contributed by atoms with E-state index in [1.807, 2.05) is 18.2 Å². The van der Waals surface area contributed by atoms with Crippen LogP contribution in [0.4, 0.5) is 5.69 Å². The van der Waals surface area contributed by atoms with E-state index in [1.165, 1.54) is 28.7 Å². The van der Waals surface area contributed by atoms with Gasteiger partial charge in [-0.3, -0.25) is 14.9 Å². The number of morpholine rings is 1. The van der Waals surface area contributed by atoms with Crippen LogP contribution in [0.1, 0.15) is 21.5 Å². The van der Waals surface area contributed by atoms with Crippen molar-refractivity contribution in [3.05, 3.63) is 74.3 Å². The highest BCUT2D eigenvalue weighted by molar-refractivity contribution is 6.33. The molecule has 1 heterocycles. The number of hydrogen-bond donors (Lipinski definition) is 2. The van der Waals surface area contributed by atoms with Crippen LogP contribution in [0.15, 0.2) is 42.5 Å². The van der Waals surface area contributed by atoms with E-state index in [2.05, 4.69) is 11.4 Å². The van der Waals surface area contributed by atoms with Crippen LogP contribution in [0, 0.1) is 10.1 Å². The highest BCUT2D eigenvalue weighted by atomic mass is 35.5. The van der Waals surface area contributed by atoms with Crippen molar-refractivity contribution in [3.8, 4) is 0 Å². The summed E-state index contributed by atoms with van der Waals surface area (Å²) < 4.78 is 5.39. The molecule has 142 valence electrons. The number of nitrogens with one attached hydrogen (secondary N) is 2. The number of carbonyl (C=O) groups is 1. The van der Waals surface area contributed by atoms with Crippen LogP contribution in [0.3, 0.4) is 0 Å². The van der Waals surface area contributed by atoms with Gasteiger partial charge in [-0.25, -0.2) is 0 Å². The Morgan fingerprint density at radius 3 is 2.59 bits per heavy atom. The predicted molar refractivity (Wildman–Crippen MR) is 101 cm³/mol. The summed E-state index contributed by atoms with van der Waals surface area (Å²) in [5, 5.41) is 13.9. The molecule has 1 saturated heterocycles. The lowest BCUT2D eigenvalue weighted by molar-refractivity contribution is -0.921. The van der Waals surface area contributed by atoms with Crippen LogP contribution in [0.25, 0.3) is 0 Å². The molecule has 0 radical (unpaired) electrons. The van der Waals surface area contributed by atoms with E-state index >= 15 is 0 Å². The zero-order valence-corrected chi connectivity index (χ0v) is 15.5. The van der Waals surface area contributed by atoms with Gasteiger partial charge in [0, 0.05) is 24.2 Å². The number of hydrogen-bond acceptors (Lipinski definition) is 4. The van der Waals surface area contributed by atoms with Gasteiger partial charge in [-0.15, -0.1) is 0 Å². The number of non-ortho nitro benzene ring substituents is 1. The normalized spacial score (nSPS) is 14.7. The molecule has 0 spiro atoms. The molecule has 1 amide bonds. The number of carbonyl (C=O) groups excluding carboxylic acids is 1. The Kier molecular flexibility index (Phi) is 6.39. The fourth-order valence-corrected chi connectivity index (χ4v) is 3.28. The van der Waals surface area contributed by atoms with Gasteiger partial charge < -0.3 is 15.0 Å². The first-order chi connectivity index (χ1) is 13.0. The number of benzene rings is 2. The lowest BCUT2D eigenvalue weighted by Crippen LogP contribution is -3.12. The van der Waals surface area contributed by atoms with E-state index in [1.54, 1.807) is 0 Å². The quantitative estimate of drug-likeness (QED) is 0.579. The highest BCUT2D eigenvalue weighted by Gasteiger charge is 2.18. The van der Waals surface area contributed by atoms with Gasteiger partial charge in [-0.1, -0.05) is 35.9 Å². The SMILES string of the molecule is O=C(NCc1ccccc1C[NH+]1CCOCC1)c1cc([N+](=O)[O-])ccc1Cl. The van der Waals surface area contributed by atoms with Crippen LogP contribution >= 0.6 is 11.6 Å². The van der Waals surface area contributed by atoms with Crippen molar-refractivity contribution in [2.24, 2.45) is 0 Å². The summed E-state index contributed by atoms with van der Waals surface area (Å²) in [6.07, 6.45) is 0. The molecular formula is C19H21ClN3O4+. The number of amides is 1. The Morgan fingerprint density at radius 2 is 1.89 bits per heavy atom. The maximum Gasteiger partial charge on any atom is 0.270 e. The molecule has 8 heteroatoms. The molecule has 2 aromatic carbocycles. The largest absolute Gasteiger partial charge is 0.370 e. The summed E-state index contributed by atoms with van der Waals surface area (Å²) in [4.78, 5) is 24.3. The monoisotopic (exact) mass is 390 g/mol. The van der Waals surface area contributed by atoms with E-state index in [0.717, 1.165) is 38.4 Å². The van der Waals surface area contributed by atoms with E-state index in [0.29, 0.717) is 6.54 Å². The second kappa shape index (κ2) is 8.94. The predicted octanol–water partition coefficient (Wildman–Crippen LogP) is 1.59. The Hall–Kier alpha value is -2.48. The van der Waals surface area contributed by atoms with Crippen molar-refractivity contribution >= 4 is 23.2 Å². The molecule has 0 bridgehead atoms. The van der Waals surface area contributed by atoms with Crippen LogP contribution in [0.2, 0.25) is 5.02 Å². The first kappa shape index (κ1) is 19.3. The molecule has 1 aliphatic heterocycles. The molecule has 7 nitrogen and oxygen atoms in total. The van der Waals surface area contributed by atoms with E-state index in [4.69, 9.17) is 16.3 Å². The fourth-order valence-electron chi connectivity index (χ4n) is 3.08. The molecule has 0 aromatic heterocycles. The van der Waals surface area contributed by atoms with Crippen molar-refractivity contribution in [2.45, 2.75) is 13.1 Å². The Morgan fingerprint density at radius 1 is 1.19 bits per heavy atom. The zero-order chi connectivity index (χ0) is 19.2. The average molecular weight is 391 g/mol. The van der Waals surface area contributed by atoms with Crippen LogP contribution in [0.5, 0.6) is 0 Å². The minimum absolute atomic E-state index is 0.0992. The molecule has 0 unspecified atom stereocenters. The summed E-state index contributed by atoms with van der Waals surface area (Å²) in [5.41, 5.74) is 2.12. The maximum absolute atomic E-state index is 12.5. The number of rotatable bonds is 6. The first-order valence-electron chi connectivity index (χ1n) is 8.75. The van der Waals surface area contributed by atoms with Gasteiger partial charge in [-0.05, 0) is 11.6 Å². The van der Waals surface area contributed by atoms with Crippen LogP contribution < -0.4 is 10.2 Å². The molecule has 27 heavy (non-hydrogen) atoms. The van der Waals surface area contributed by atoms with Gasteiger partial charge in [0.25, 0.3) is 11.6 Å². The summed E-state index contributed by atoms with van der Waals surface area (Å²) in [6.45, 7) is 4.65. The van der Waals surface area contributed by atoms with Crippen molar-refractivity contribution in [1.82, 2.24) is 5.32 Å². The van der Waals surface area contributed by atoms with E-state index in [-0.39, 0.29) is 16.3 Å². The third kappa shape index (κ3) is 5.03. The fraction of sp³-hybridized carbons (Fsp3) is 0.316. The number of ether oxygens (including phenoxy) is 1. The van der Waals surface area contributed by atoms with Crippen LogP contribution in [-0.4, -0.2) is 37.1 Å². The molecule has 0 atom stereocenters. The van der Waals surface area contributed by atoms with E-state index in [9.17, 15) is 14.9 Å². The molecule has 0 aliphatic carbocycles. The summed E-state index contributed by atoms with van der Waals surface area (Å²) >= 11 is 6.04. The summed E-state index contributed by atoms with van der Waals surface area (Å²) in [6, 6.07) is 11.8. The smallest absolute Gasteiger partial charge is 0.270 e. The Labute approximate surface area is 162 Å². The molecule has 2 N–H and O–H groups in total. The topological polar surface area (TPSA) is 85.9 Å². The van der Waals surface area contributed by atoms with Crippen molar-refractivity contribution in [1.29, 1.82) is 0 Å². The van der Waals surface area contributed by atoms with Gasteiger partial charge in [0.15, 0.2) is 0 Å². The maximum atomic E-state index is 12.5. The second-order valence-corrected chi connectivity index (χ2v) is 6.82. The first-order valence-corrected chi connectivity index (χ1v) is 9.12. The van der Waals surface area contributed by atoms with Crippen molar-refractivity contribution < 1.29 is 19.4 Å². The molecule has 0 saturated carbocycles. The summed E-state index contributed by atoms with van der Waals surface area (Å²) in [5.74, 6) is -0.433. The van der Waals surface area contributed by atoms with Crippen LogP contribution in [-0.2, 0) is 17.8 Å². The highest BCUT2D eigenvalue weighted by Crippen LogP contribution is 2.22. The van der Waals surface area contributed by atoms with Crippen molar-refractivity contribution in [3.63, 3.8) is 0 Å². The number of nitrogens with zero attached hydrogens (tertiary/aromatic N) is 1. The minimum Gasteiger partial charge on any atom is -0.370 e. The van der Waals surface area contributed by atoms with Crippen molar-refractivity contribution in [2.75, 3.05) is 26.3 Å². The molecule has 2 aromatic rings. The number of quaternary nitrogens is 1. The summed E-state index contributed by atoms with van der Waals surface area (Å²) in [7, 11) is 0. The number of nitro benzene ring substituents is 1. The molecule has 1 aliphatic rings. The third-order valence-electron chi connectivity index (χ3n) is 4.60. The average Bonchev–Trinajstić information content (AvgIpc) is 2.68. The zero-order valence-electron chi connectivity index (χ0n) is 14.7. The van der Waals surface area contributed by atoms with Gasteiger partial charge >= 0.3 is 0 Å². The van der Waals surface area contributed by atoms with Gasteiger partial charge in [0.1, 0.15) is 19.6 Å². The minimum atomic E-state index is -0.548. The molecule has 1 fully saturated rings. The molecule has 3 rings (SSSR count). The van der Waals surface area contributed by atoms with Gasteiger partial charge in [0.05, 0.1) is 28.7 Å². The lowest BCUT2D eigenvalue weighted by Gasteiger charge is -2.24.